The predicted octanol–water partition coefficient (Wildman–Crippen LogP) is 7.15. The van der Waals surface area contributed by atoms with E-state index in [-0.39, 0.29) is 24.6 Å². The van der Waals surface area contributed by atoms with Gasteiger partial charge in [-0.05, 0) is 0 Å². The summed E-state index contributed by atoms with van der Waals surface area (Å²) in [6.07, 6.45) is 15.8. The molecule has 1 fully saturated rings. The molecule has 1 saturated heterocycles. The zero-order valence-corrected chi connectivity index (χ0v) is 32.9. The van der Waals surface area contributed by atoms with Crippen LogP contribution in [-0.2, 0) is 25.1 Å². The van der Waals surface area contributed by atoms with Crippen LogP contribution in [0.1, 0.15) is 140 Å². The van der Waals surface area contributed by atoms with E-state index < -0.39 is 50.6 Å². The topological polar surface area (TPSA) is 198 Å². The summed E-state index contributed by atoms with van der Waals surface area (Å²) in [6.45, 7) is 3.00. The summed E-state index contributed by atoms with van der Waals surface area (Å²) in [6, 6.07) is 9.24. The summed E-state index contributed by atoms with van der Waals surface area (Å²) in [5.41, 5.74) is 5.95. The molecule has 0 unspecified atom stereocenters. The molecule has 6 N–H and O–H groups in total. The second-order valence-corrected chi connectivity index (χ2v) is 16.4. The van der Waals surface area contributed by atoms with Crippen LogP contribution >= 0.6 is 8.17 Å². The fraction of sp³-hybridized carbons (Fsp3) is 0.667. The molecule has 1 aromatic carbocycles. The molecule has 1 aliphatic heterocycles. The van der Waals surface area contributed by atoms with Gasteiger partial charge in [-0.1, -0.05) is 51.9 Å². The van der Waals surface area contributed by atoms with Crippen LogP contribution in [0.3, 0.4) is 0 Å². The van der Waals surface area contributed by atoms with Gasteiger partial charge >= 0.3 is 268 Å². The van der Waals surface area contributed by atoms with Crippen molar-refractivity contribution in [2.45, 2.75) is 153 Å². The molecule has 2 aromatic heterocycles. The molecule has 0 amide bonds. The van der Waals surface area contributed by atoms with Crippen molar-refractivity contribution >= 4 is 19.5 Å². The number of nitriles is 1. The maximum absolute atomic E-state index is 14.1. The minimum absolute atomic E-state index is 0.00610. The van der Waals surface area contributed by atoms with Gasteiger partial charge in [0.15, 0.2) is 0 Å². The van der Waals surface area contributed by atoms with Crippen LogP contribution in [0.15, 0.2) is 36.7 Å². The summed E-state index contributed by atoms with van der Waals surface area (Å²) < 4.78 is 38.6. The van der Waals surface area contributed by atoms with Crippen molar-refractivity contribution in [3.05, 3.63) is 59.3 Å². The van der Waals surface area contributed by atoms with Gasteiger partial charge in [0.25, 0.3) is 0 Å². The minimum atomic E-state index is -4.79. The number of ether oxygens (including phenoxy) is 2. The molecule has 4 rings (SSSR count). The molecule has 5 atom stereocenters. The predicted molar refractivity (Wildman–Crippen MR) is 206 cm³/mol. The number of rotatable bonds is 26. The van der Waals surface area contributed by atoms with Crippen LogP contribution in [0, 0.1) is 17.1 Å². The maximum atomic E-state index is 14.1. The first-order chi connectivity index (χ1) is 26.0. The summed E-state index contributed by atoms with van der Waals surface area (Å²) in [4.78, 5) is 25.5. The Morgan fingerprint density at radius 2 is 1.59 bits per heavy atom. The number of hydrogen-bond acceptors (Lipinski definition) is 12. The summed E-state index contributed by atoms with van der Waals surface area (Å²) in [5, 5.41) is 35.3. The fourth-order valence-corrected chi connectivity index (χ4v) is 7.91. The summed E-state index contributed by atoms with van der Waals surface area (Å²) >= 11 is 0. The second kappa shape index (κ2) is 22.0. The third-order valence-electron chi connectivity index (χ3n) is 10.2. The number of aliphatic hydroxyl groups is 2. The zero-order valence-electron chi connectivity index (χ0n) is 31.9. The Morgan fingerprint density at radius 3 is 2.22 bits per heavy atom. The van der Waals surface area contributed by atoms with E-state index in [2.05, 4.69) is 17.0 Å². The van der Waals surface area contributed by atoms with Crippen molar-refractivity contribution in [2.75, 3.05) is 18.9 Å². The Balaban J connectivity index is 1.23. The number of anilines is 1. The normalized spacial score (nSPS) is 21.1. The van der Waals surface area contributed by atoms with E-state index in [1.165, 1.54) is 94.5 Å². The SMILES string of the molecule is CCCCCCCCCCCCCCCCC[C@@H](CO[PH](O)(O)OC[C@@]1(C)O[C@@H](c2ccc3c(N)ncnn23)[C@H](O)[C@@H]1O)OCc1cc(F)cc(C#N)c1. The monoisotopic (exact) mass is 777 g/mol. The third-order valence-corrected chi connectivity index (χ3v) is 11.2. The number of hydrogen-bond donors (Lipinski definition) is 5. The fourth-order valence-electron chi connectivity index (χ4n) is 6.95. The summed E-state index contributed by atoms with van der Waals surface area (Å²) in [5.74, 6) is -0.318. The van der Waals surface area contributed by atoms with Crippen molar-refractivity contribution in [1.82, 2.24) is 14.6 Å². The van der Waals surface area contributed by atoms with E-state index in [4.69, 9.17) is 24.3 Å². The van der Waals surface area contributed by atoms with E-state index in [1.54, 1.807) is 18.2 Å². The van der Waals surface area contributed by atoms with Gasteiger partial charge in [0.1, 0.15) is 0 Å². The quantitative estimate of drug-likeness (QED) is 0.0408. The van der Waals surface area contributed by atoms with Gasteiger partial charge < -0.3 is 0 Å². The Bertz CT molecular complexity index is 1610. The van der Waals surface area contributed by atoms with Crippen molar-refractivity contribution < 1.29 is 42.9 Å². The number of nitrogen functional groups attached to an aromatic ring is 1. The number of fused-ring (bicyclic) bond motifs is 1. The molecule has 13 nitrogen and oxygen atoms in total. The van der Waals surface area contributed by atoms with Gasteiger partial charge in [-0.2, -0.15) is 0 Å². The average Bonchev–Trinajstić information content (AvgIpc) is 3.68. The standard InChI is InChI=1S/C39H61FN5O8P/c1-3-4-5-6-7-8-9-10-11-12-13-14-15-16-17-18-32(50-25-30-21-29(24-41)22-31(40)23-30)26-51-54(48,49)52-27-39(2)37(47)35(46)36(53-39)33-19-20-34-38(42)43-28-44-45(33)34/h19-23,28,32,35-37,46-49,54H,3-18,25-27H2,1-2H3,(H2,42,43,44)/t32-,35-,36-,37-,39+/m0/s1. The van der Waals surface area contributed by atoms with Gasteiger partial charge in [0.2, 0.25) is 0 Å². The van der Waals surface area contributed by atoms with Crippen LogP contribution in [-0.4, -0.2) is 71.7 Å². The molecule has 0 bridgehead atoms. The Kier molecular flexibility index (Phi) is 17.9. The number of aromatic nitrogens is 3. The average molecular weight is 778 g/mol. The van der Waals surface area contributed by atoms with E-state index in [9.17, 15) is 29.7 Å². The molecule has 0 saturated carbocycles. The van der Waals surface area contributed by atoms with Crippen molar-refractivity contribution in [3.63, 3.8) is 0 Å². The van der Waals surface area contributed by atoms with Crippen LogP contribution in [0.25, 0.3) is 5.52 Å². The van der Waals surface area contributed by atoms with Gasteiger partial charge in [-0.25, -0.2) is 0 Å². The Hall–Kier alpha value is -2.83. The molecule has 302 valence electrons. The van der Waals surface area contributed by atoms with Crippen molar-refractivity contribution in [1.29, 1.82) is 5.26 Å². The second-order valence-electron chi connectivity index (χ2n) is 14.8. The molecule has 3 aromatic rings. The molecule has 54 heavy (non-hydrogen) atoms. The van der Waals surface area contributed by atoms with Gasteiger partial charge in [-0.15, -0.1) is 0 Å². The van der Waals surface area contributed by atoms with E-state index in [1.807, 2.05) is 6.07 Å². The van der Waals surface area contributed by atoms with Crippen LogP contribution in [0.5, 0.6) is 0 Å². The number of nitrogens with zero attached hydrogens (tertiary/aromatic N) is 4. The van der Waals surface area contributed by atoms with Crippen LogP contribution in [0.2, 0.25) is 0 Å². The van der Waals surface area contributed by atoms with Crippen LogP contribution in [0.4, 0.5) is 10.2 Å². The molecule has 0 spiro atoms. The number of nitrogens with two attached hydrogens (primary N) is 1. The van der Waals surface area contributed by atoms with Gasteiger partial charge in [0, 0.05) is 0 Å². The molecular formula is C39H61FN5O8P. The first-order valence-corrected chi connectivity index (χ1v) is 21.3. The van der Waals surface area contributed by atoms with Crippen molar-refractivity contribution in [2.24, 2.45) is 0 Å². The number of benzene rings is 1. The molecule has 0 radical (unpaired) electrons. The van der Waals surface area contributed by atoms with Crippen molar-refractivity contribution in [3.8, 4) is 6.07 Å². The third kappa shape index (κ3) is 13.4. The van der Waals surface area contributed by atoms with Crippen LogP contribution < -0.4 is 5.73 Å². The number of halogens is 1. The van der Waals surface area contributed by atoms with Gasteiger partial charge in [-0.3, -0.25) is 0 Å². The van der Waals surface area contributed by atoms with Gasteiger partial charge in [0.05, 0.1) is 0 Å². The zero-order chi connectivity index (χ0) is 39.0. The van der Waals surface area contributed by atoms with E-state index >= 15 is 0 Å². The molecule has 15 heteroatoms. The molecule has 0 aliphatic carbocycles. The molecule has 3 heterocycles. The Labute approximate surface area is 319 Å². The molecule has 1 aliphatic rings. The molecular weight excluding hydrogens is 716 g/mol. The van der Waals surface area contributed by atoms with E-state index in [0.29, 0.717) is 23.2 Å². The first-order valence-electron chi connectivity index (χ1n) is 19.6. The first kappa shape index (κ1) is 43.9. The number of unbranched alkanes of at least 4 members (excludes halogenated alkanes) is 14. The Morgan fingerprint density at radius 1 is 0.963 bits per heavy atom. The number of aliphatic hydroxyl groups excluding tert-OH is 2. The van der Waals surface area contributed by atoms with E-state index in [0.717, 1.165) is 31.7 Å². The summed E-state index contributed by atoms with van der Waals surface area (Å²) in [7, 11) is -4.79.